The number of alkyl halides is 3. The second kappa shape index (κ2) is 10.6. The molecule has 2 atom stereocenters. The second-order valence-corrected chi connectivity index (χ2v) is 8.66. The first-order valence-electron chi connectivity index (χ1n) is 11.4. The number of anilines is 1. The predicted octanol–water partition coefficient (Wildman–Crippen LogP) is 3.51. The SMILES string of the molecule is COCCNc1cc(C2CC(c3ccc(C(F)(F)F)cc3)CN(C(=O)N3CCOCC3)C2)[nH]n1. The van der Waals surface area contributed by atoms with E-state index in [4.69, 9.17) is 9.47 Å². The molecule has 2 aromatic rings. The summed E-state index contributed by atoms with van der Waals surface area (Å²) in [4.78, 5) is 16.9. The van der Waals surface area contributed by atoms with E-state index in [0.717, 1.165) is 23.4 Å². The second-order valence-electron chi connectivity index (χ2n) is 8.66. The smallest absolute Gasteiger partial charge is 0.383 e. The number of rotatable bonds is 6. The Labute approximate surface area is 196 Å². The lowest BCUT2D eigenvalue weighted by Crippen LogP contribution is -2.52. The molecule has 3 heterocycles. The van der Waals surface area contributed by atoms with Gasteiger partial charge in [-0.2, -0.15) is 18.3 Å². The van der Waals surface area contributed by atoms with Gasteiger partial charge in [-0.1, -0.05) is 12.1 Å². The van der Waals surface area contributed by atoms with E-state index in [1.807, 2.05) is 6.07 Å². The molecule has 8 nitrogen and oxygen atoms in total. The minimum absolute atomic E-state index is 0.0310. The average molecular weight is 482 g/mol. The summed E-state index contributed by atoms with van der Waals surface area (Å²) in [5, 5.41) is 10.6. The maximum Gasteiger partial charge on any atom is 0.416 e. The van der Waals surface area contributed by atoms with Crippen LogP contribution >= 0.6 is 0 Å². The van der Waals surface area contributed by atoms with Gasteiger partial charge in [0.2, 0.25) is 0 Å². The Kier molecular flexibility index (Phi) is 7.62. The Morgan fingerprint density at radius 2 is 1.88 bits per heavy atom. The maximum absolute atomic E-state index is 13.3. The van der Waals surface area contributed by atoms with Crippen molar-refractivity contribution >= 4 is 11.8 Å². The highest BCUT2D eigenvalue weighted by Crippen LogP contribution is 2.37. The van der Waals surface area contributed by atoms with Crippen molar-refractivity contribution in [2.24, 2.45) is 0 Å². The number of morpholine rings is 1. The number of aromatic nitrogens is 2. The number of nitrogens with one attached hydrogen (secondary N) is 2. The molecule has 2 saturated heterocycles. The van der Waals surface area contributed by atoms with Gasteiger partial charge in [-0.25, -0.2) is 4.79 Å². The van der Waals surface area contributed by atoms with Gasteiger partial charge in [0.15, 0.2) is 0 Å². The zero-order valence-electron chi connectivity index (χ0n) is 19.1. The van der Waals surface area contributed by atoms with Crippen molar-refractivity contribution in [2.75, 3.05) is 65.0 Å². The zero-order valence-corrected chi connectivity index (χ0v) is 19.1. The molecule has 186 valence electrons. The van der Waals surface area contributed by atoms with Crippen molar-refractivity contribution in [3.63, 3.8) is 0 Å². The molecule has 2 N–H and O–H groups in total. The maximum atomic E-state index is 13.3. The molecule has 1 aromatic carbocycles. The Bertz CT molecular complexity index is 944. The fourth-order valence-electron chi connectivity index (χ4n) is 4.54. The van der Waals surface area contributed by atoms with Crippen LogP contribution in [0.4, 0.5) is 23.8 Å². The lowest BCUT2D eigenvalue weighted by molar-refractivity contribution is -0.137. The van der Waals surface area contributed by atoms with E-state index >= 15 is 0 Å². The number of halogens is 3. The molecule has 1 aromatic heterocycles. The topological polar surface area (TPSA) is 82.7 Å². The number of hydrogen-bond donors (Lipinski definition) is 2. The molecular formula is C23H30F3N5O3. The zero-order chi connectivity index (χ0) is 24.1. The number of amides is 2. The first-order valence-corrected chi connectivity index (χ1v) is 11.4. The van der Waals surface area contributed by atoms with E-state index < -0.39 is 11.7 Å². The monoisotopic (exact) mass is 481 g/mol. The van der Waals surface area contributed by atoms with Crippen LogP contribution in [0.5, 0.6) is 0 Å². The van der Waals surface area contributed by atoms with Crippen molar-refractivity contribution in [3.8, 4) is 0 Å². The molecule has 0 saturated carbocycles. The molecule has 4 rings (SSSR count). The molecule has 34 heavy (non-hydrogen) atoms. The van der Waals surface area contributed by atoms with Gasteiger partial charge in [0.25, 0.3) is 0 Å². The van der Waals surface area contributed by atoms with Gasteiger partial charge in [-0.05, 0) is 24.1 Å². The van der Waals surface area contributed by atoms with E-state index in [-0.39, 0.29) is 17.9 Å². The van der Waals surface area contributed by atoms with Crippen LogP contribution in [-0.2, 0) is 15.7 Å². The molecule has 2 unspecified atom stereocenters. The molecule has 0 bridgehead atoms. The highest BCUT2D eigenvalue weighted by Gasteiger charge is 2.36. The fraction of sp³-hybridized carbons (Fsp3) is 0.565. The quantitative estimate of drug-likeness (QED) is 0.617. The predicted molar refractivity (Wildman–Crippen MR) is 120 cm³/mol. The van der Waals surface area contributed by atoms with Crippen molar-refractivity contribution in [3.05, 3.63) is 47.2 Å². The highest BCUT2D eigenvalue weighted by atomic mass is 19.4. The van der Waals surface area contributed by atoms with E-state index in [1.165, 1.54) is 12.1 Å². The van der Waals surface area contributed by atoms with Crippen molar-refractivity contribution in [1.82, 2.24) is 20.0 Å². The van der Waals surface area contributed by atoms with E-state index in [2.05, 4.69) is 15.5 Å². The normalized spacial score (nSPS) is 21.5. The Balaban J connectivity index is 1.54. The molecule has 0 radical (unpaired) electrons. The van der Waals surface area contributed by atoms with Gasteiger partial charge in [0.1, 0.15) is 5.82 Å². The van der Waals surface area contributed by atoms with Crippen LogP contribution < -0.4 is 5.32 Å². The number of nitrogens with zero attached hydrogens (tertiary/aromatic N) is 3. The Hall–Kier alpha value is -2.79. The van der Waals surface area contributed by atoms with Gasteiger partial charge in [0, 0.05) is 63.4 Å². The molecule has 2 amide bonds. The lowest BCUT2D eigenvalue weighted by Gasteiger charge is -2.41. The number of piperidine rings is 1. The van der Waals surface area contributed by atoms with Crippen molar-refractivity contribution < 1.29 is 27.4 Å². The summed E-state index contributed by atoms with van der Waals surface area (Å²) in [6, 6.07) is 7.13. The largest absolute Gasteiger partial charge is 0.416 e. The third-order valence-electron chi connectivity index (χ3n) is 6.36. The van der Waals surface area contributed by atoms with Crippen molar-refractivity contribution in [2.45, 2.75) is 24.4 Å². The average Bonchev–Trinajstić information content (AvgIpc) is 3.33. The molecule has 0 spiro atoms. The Morgan fingerprint density at radius 3 is 2.56 bits per heavy atom. The van der Waals surface area contributed by atoms with Gasteiger partial charge < -0.3 is 24.6 Å². The number of hydrogen-bond acceptors (Lipinski definition) is 5. The van der Waals surface area contributed by atoms with Gasteiger partial charge >= 0.3 is 12.2 Å². The minimum Gasteiger partial charge on any atom is -0.383 e. The number of carbonyl (C=O) groups is 1. The van der Waals surface area contributed by atoms with Gasteiger partial charge in [-0.3, -0.25) is 5.10 Å². The summed E-state index contributed by atoms with van der Waals surface area (Å²) in [6.07, 6.45) is -3.69. The fourth-order valence-corrected chi connectivity index (χ4v) is 4.54. The summed E-state index contributed by atoms with van der Waals surface area (Å²) in [5.74, 6) is 0.561. The van der Waals surface area contributed by atoms with Crippen LogP contribution in [-0.4, -0.2) is 85.7 Å². The summed E-state index contributed by atoms with van der Waals surface area (Å²) in [6.45, 7) is 4.18. The summed E-state index contributed by atoms with van der Waals surface area (Å²) < 4.78 is 49.5. The standard InChI is InChI=1S/C23H30F3N5O3/c1-33-9-6-27-21-13-20(28-29-21)18-12-17(16-2-4-19(5-3-16)23(24,25)26)14-31(15-18)22(32)30-7-10-34-11-8-30/h2-5,13,17-18H,6-12,14-15H2,1H3,(H2,27,28,29). The third-order valence-corrected chi connectivity index (χ3v) is 6.36. The van der Waals surface area contributed by atoms with E-state index in [9.17, 15) is 18.0 Å². The minimum atomic E-state index is -4.38. The summed E-state index contributed by atoms with van der Waals surface area (Å²) >= 11 is 0. The van der Waals surface area contributed by atoms with Crippen LogP contribution in [0.15, 0.2) is 30.3 Å². The van der Waals surface area contributed by atoms with Crippen LogP contribution in [0.25, 0.3) is 0 Å². The molecule has 0 aliphatic carbocycles. The summed E-state index contributed by atoms with van der Waals surface area (Å²) in [5.41, 5.74) is 0.997. The highest BCUT2D eigenvalue weighted by molar-refractivity contribution is 5.75. The van der Waals surface area contributed by atoms with Gasteiger partial charge in [0.05, 0.1) is 25.4 Å². The Morgan fingerprint density at radius 1 is 1.18 bits per heavy atom. The van der Waals surface area contributed by atoms with Crippen LogP contribution in [0.2, 0.25) is 0 Å². The molecule has 2 fully saturated rings. The molecular weight excluding hydrogens is 451 g/mol. The van der Waals surface area contributed by atoms with Crippen LogP contribution in [0.1, 0.15) is 35.1 Å². The van der Waals surface area contributed by atoms with E-state index in [1.54, 1.807) is 16.9 Å². The van der Waals surface area contributed by atoms with Gasteiger partial charge in [-0.15, -0.1) is 0 Å². The number of ether oxygens (including phenoxy) is 2. The number of aromatic amines is 1. The number of likely N-dealkylation sites (tertiary alicyclic amines) is 1. The van der Waals surface area contributed by atoms with Crippen LogP contribution in [0.3, 0.4) is 0 Å². The first kappa shape index (κ1) is 24.3. The lowest BCUT2D eigenvalue weighted by atomic mass is 9.83. The number of urea groups is 1. The number of benzene rings is 1. The molecule has 2 aliphatic rings. The first-order chi connectivity index (χ1) is 16.3. The van der Waals surface area contributed by atoms with Crippen molar-refractivity contribution in [1.29, 1.82) is 0 Å². The van der Waals surface area contributed by atoms with E-state index in [0.29, 0.717) is 64.8 Å². The van der Waals surface area contributed by atoms with Crippen LogP contribution in [0, 0.1) is 0 Å². The molecule has 2 aliphatic heterocycles. The summed E-state index contributed by atoms with van der Waals surface area (Å²) in [7, 11) is 1.63. The third kappa shape index (κ3) is 5.82. The number of carbonyl (C=O) groups excluding carboxylic acids is 1. The molecule has 11 heteroatoms. The number of methoxy groups -OCH3 is 1. The number of H-pyrrole nitrogens is 1.